The number of ether oxygens (including phenoxy) is 1. The molecule has 5 heteroatoms. The van der Waals surface area contributed by atoms with Gasteiger partial charge in [-0.05, 0) is 24.6 Å². The van der Waals surface area contributed by atoms with Crippen molar-refractivity contribution in [1.82, 2.24) is 5.32 Å². The van der Waals surface area contributed by atoms with Gasteiger partial charge >= 0.3 is 0 Å². The van der Waals surface area contributed by atoms with Crippen molar-refractivity contribution in [1.29, 1.82) is 0 Å². The fraction of sp³-hybridized carbons (Fsp3) is 0.417. The van der Waals surface area contributed by atoms with E-state index in [0.29, 0.717) is 31.2 Å². The lowest BCUT2D eigenvalue weighted by Gasteiger charge is -2.06. The number of carbonyl (C=O) groups excluding carboxylic acids is 1. The molecule has 3 nitrogen and oxygen atoms in total. The molecule has 94 valence electrons. The normalized spacial score (nSPS) is 10.3. The number of amides is 1. The molecule has 1 aromatic carbocycles. The van der Waals surface area contributed by atoms with Crippen molar-refractivity contribution in [3.05, 3.63) is 33.8 Å². The number of alkyl halides is 1. The molecule has 1 N–H and O–H groups in total. The zero-order valence-corrected chi connectivity index (χ0v) is 12.0. The molecule has 0 aliphatic carbocycles. The van der Waals surface area contributed by atoms with E-state index in [0.717, 1.165) is 10.0 Å². The smallest absolute Gasteiger partial charge is 0.251 e. The van der Waals surface area contributed by atoms with Crippen LogP contribution in [-0.4, -0.2) is 31.5 Å². The van der Waals surface area contributed by atoms with Gasteiger partial charge in [-0.25, -0.2) is 0 Å². The summed E-state index contributed by atoms with van der Waals surface area (Å²) in [6.07, 6.45) is 0. The third kappa shape index (κ3) is 5.06. The van der Waals surface area contributed by atoms with Crippen molar-refractivity contribution < 1.29 is 9.53 Å². The molecular weight excluding hydrogens is 305 g/mol. The second-order valence-corrected chi connectivity index (χ2v) is 4.75. The lowest BCUT2D eigenvalue weighted by atomic mass is 10.1. The summed E-state index contributed by atoms with van der Waals surface area (Å²) in [4.78, 5) is 11.7. The van der Waals surface area contributed by atoms with Crippen molar-refractivity contribution in [2.24, 2.45) is 0 Å². The molecule has 1 aromatic rings. The van der Waals surface area contributed by atoms with Crippen LogP contribution in [0.3, 0.4) is 0 Å². The number of hydrogen-bond acceptors (Lipinski definition) is 2. The van der Waals surface area contributed by atoms with E-state index in [1.807, 2.05) is 19.1 Å². The average Bonchev–Trinajstić information content (AvgIpc) is 2.32. The van der Waals surface area contributed by atoms with Crippen LogP contribution in [0.25, 0.3) is 0 Å². The maximum absolute atomic E-state index is 11.7. The molecule has 0 aliphatic heterocycles. The average molecular weight is 321 g/mol. The third-order valence-electron chi connectivity index (χ3n) is 2.19. The predicted octanol–water partition coefficient (Wildman–Crippen LogP) is 2.74. The molecule has 0 aromatic heterocycles. The molecule has 0 radical (unpaired) electrons. The molecule has 1 rings (SSSR count). The van der Waals surface area contributed by atoms with Crippen molar-refractivity contribution in [2.45, 2.75) is 6.92 Å². The monoisotopic (exact) mass is 319 g/mol. The molecule has 0 atom stereocenters. The topological polar surface area (TPSA) is 38.3 Å². The summed E-state index contributed by atoms with van der Waals surface area (Å²) in [6, 6.07) is 5.52. The highest BCUT2D eigenvalue weighted by Gasteiger charge is 2.06. The molecule has 0 fully saturated rings. The fourth-order valence-electron chi connectivity index (χ4n) is 1.23. The van der Waals surface area contributed by atoms with Crippen LogP contribution in [0, 0.1) is 6.92 Å². The lowest BCUT2D eigenvalue weighted by Crippen LogP contribution is -2.27. The molecule has 0 saturated carbocycles. The summed E-state index contributed by atoms with van der Waals surface area (Å²) in [6.45, 7) is 3.45. The van der Waals surface area contributed by atoms with Crippen LogP contribution in [0.15, 0.2) is 22.7 Å². The number of carbonyl (C=O) groups is 1. The Balaban J connectivity index is 2.39. The van der Waals surface area contributed by atoms with E-state index in [-0.39, 0.29) is 5.91 Å². The first-order valence-corrected chi connectivity index (χ1v) is 6.66. The zero-order valence-electron chi connectivity index (χ0n) is 9.63. The van der Waals surface area contributed by atoms with Crippen LogP contribution in [0.2, 0.25) is 0 Å². The van der Waals surface area contributed by atoms with E-state index >= 15 is 0 Å². The first-order chi connectivity index (χ1) is 8.15. The molecule has 1 amide bonds. The molecular formula is C12H15BrClNO2. The Morgan fingerprint density at radius 2 is 2.24 bits per heavy atom. The summed E-state index contributed by atoms with van der Waals surface area (Å²) in [5, 5.41) is 2.78. The summed E-state index contributed by atoms with van der Waals surface area (Å²) >= 11 is 8.85. The van der Waals surface area contributed by atoms with Crippen LogP contribution in [0.1, 0.15) is 15.9 Å². The summed E-state index contributed by atoms with van der Waals surface area (Å²) < 4.78 is 6.09. The Labute approximate surface area is 115 Å². The minimum atomic E-state index is -0.0971. The minimum Gasteiger partial charge on any atom is -0.378 e. The molecule has 17 heavy (non-hydrogen) atoms. The highest BCUT2D eigenvalue weighted by molar-refractivity contribution is 9.10. The maximum Gasteiger partial charge on any atom is 0.251 e. The van der Waals surface area contributed by atoms with Gasteiger partial charge in [0.25, 0.3) is 5.91 Å². The van der Waals surface area contributed by atoms with E-state index in [1.54, 1.807) is 6.07 Å². The Morgan fingerprint density at radius 1 is 1.47 bits per heavy atom. The van der Waals surface area contributed by atoms with E-state index in [4.69, 9.17) is 16.3 Å². The Bertz CT molecular complexity index is 385. The first-order valence-electron chi connectivity index (χ1n) is 5.33. The number of benzene rings is 1. The summed E-state index contributed by atoms with van der Waals surface area (Å²) in [5.74, 6) is 0.374. The molecule has 0 bridgehead atoms. The van der Waals surface area contributed by atoms with Crippen LogP contribution in [-0.2, 0) is 4.74 Å². The first kappa shape index (κ1) is 14.5. The second kappa shape index (κ2) is 7.69. The van der Waals surface area contributed by atoms with Gasteiger partial charge in [-0.1, -0.05) is 22.0 Å². The van der Waals surface area contributed by atoms with Gasteiger partial charge in [-0.2, -0.15) is 0 Å². The van der Waals surface area contributed by atoms with Crippen LogP contribution in [0.4, 0.5) is 0 Å². The Kier molecular flexibility index (Phi) is 6.55. The van der Waals surface area contributed by atoms with E-state index < -0.39 is 0 Å². The molecule has 0 heterocycles. The van der Waals surface area contributed by atoms with Gasteiger partial charge < -0.3 is 10.1 Å². The molecule has 0 unspecified atom stereocenters. The number of halogens is 2. The lowest BCUT2D eigenvalue weighted by molar-refractivity contribution is 0.0923. The van der Waals surface area contributed by atoms with Gasteiger partial charge in [0.15, 0.2) is 0 Å². The second-order valence-electron chi connectivity index (χ2n) is 3.52. The van der Waals surface area contributed by atoms with Crippen molar-refractivity contribution in [3.63, 3.8) is 0 Å². The van der Waals surface area contributed by atoms with Crippen molar-refractivity contribution in [2.75, 3.05) is 25.6 Å². The van der Waals surface area contributed by atoms with Crippen LogP contribution in [0.5, 0.6) is 0 Å². The van der Waals surface area contributed by atoms with Gasteiger partial charge in [0.2, 0.25) is 0 Å². The number of hydrogen-bond donors (Lipinski definition) is 1. The Hall–Kier alpha value is -0.580. The van der Waals surface area contributed by atoms with Gasteiger partial charge in [0, 0.05) is 22.5 Å². The molecule has 0 spiro atoms. The van der Waals surface area contributed by atoms with E-state index in [9.17, 15) is 4.79 Å². The van der Waals surface area contributed by atoms with Gasteiger partial charge in [0.05, 0.1) is 13.2 Å². The van der Waals surface area contributed by atoms with Crippen LogP contribution >= 0.6 is 27.5 Å². The fourth-order valence-corrected chi connectivity index (χ4v) is 1.72. The standard InChI is InChI=1S/C12H15BrClNO2/c1-9-2-3-10(8-11(9)13)12(16)15-5-7-17-6-4-14/h2-3,8H,4-7H2,1H3,(H,15,16). The third-order valence-corrected chi connectivity index (χ3v) is 3.20. The quantitative estimate of drug-likeness (QED) is 0.646. The predicted molar refractivity (Wildman–Crippen MR) is 72.8 cm³/mol. The van der Waals surface area contributed by atoms with Gasteiger partial charge in [0.1, 0.15) is 0 Å². The largest absolute Gasteiger partial charge is 0.378 e. The van der Waals surface area contributed by atoms with Gasteiger partial charge in [-0.15, -0.1) is 11.6 Å². The summed E-state index contributed by atoms with van der Waals surface area (Å²) in [5.41, 5.74) is 1.74. The summed E-state index contributed by atoms with van der Waals surface area (Å²) in [7, 11) is 0. The van der Waals surface area contributed by atoms with E-state index in [1.165, 1.54) is 0 Å². The zero-order chi connectivity index (χ0) is 12.7. The highest BCUT2D eigenvalue weighted by atomic mass is 79.9. The number of rotatable bonds is 6. The van der Waals surface area contributed by atoms with Crippen molar-refractivity contribution in [3.8, 4) is 0 Å². The minimum absolute atomic E-state index is 0.0971. The van der Waals surface area contributed by atoms with E-state index in [2.05, 4.69) is 21.2 Å². The number of aryl methyl sites for hydroxylation is 1. The van der Waals surface area contributed by atoms with Crippen molar-refractivity contribution >= 4 is 33.4 Å². The van der Waals surface area contributed by atoms with Gasteiger partial charge in [-0.3, -0.25) is 4.79 Å². The SMILES string of the molecule is Cc1ccc(C(=O)NCCOCCCl)cc1Br. The maximum atomic E-state index is 11.7. The highest BCUT2D eigenvalue weighted by Crippen LogP contribution is 2.17. The Morgan fingerprint density at radius 3 is 2.88 bits per heavy atom. The van der Waals surface area contributed by atoms with Crippen LogP contribution < -0.4 is 5.32 Å². The number of nitrogens with one attached hydrogen (secondary N) is 1. The molecule has 0 aliphatic rings. The molecule has 0 saturated heterocycles.